The summed E-state index contributed by atoms with van der Waals surface area (Å²) >= 11 is 0. The highest BCUT2D eigenvalue weighted by molar-refractivity contribution is 6.80. The second kappa shape index (κ2) is 7.98. The fourth-order valence-corrected chi connectivity index (χ4v) is 5.93. The fraction of sp³-hybridized carbons (Fsp3) is 0.304. The first kappa shape index (κ1) is 19.4. The summed E-state index contributed by atoms with van der Waals surface area (Å²) in [7, 11) is -1.40. The van der Waals surface area contributed by atoms with Gasteiger partial charge in [-0.1, -0.05) is 71.8 Å². The van der Waals surface area contributed by atoms with Gasteiger partial charge in [0.25, 0.3) is 9.04 Å². The topological polar surface area (TPSA) is 9.23 Å². The Labute approximate surface area is 154 Å². The van der Waals surface area contributed by atoms with Crippen LogP contribution in [0.25, 0.3) is 0 Å². The van der Waals surface area contributed by atoms with Gasteiger partial charge in [0, 0.05) is 0 Å². The minimum absolute atomic E-state index is 0.115. The minimum atomic E-state index is -1.40. The van der Waals surface area contributed by atoms with Gasteiger partial charge in [-0.25, -0.2) is 0 Å². The summed E-state index contributed by atoms with van der Waals surface area (Å²) in [6, 6.07) is 13.4. The van der Waals surface area contributed by atoms with Gasteiger partial charge >= 0.3 is 0 Å². The third-order valence-corrected chi connectivity index (χ3v) is 6.20. The Balaban J connectivity index is 2.57. The summed E-state index contributed by atoms with van der Waals surface area (Å²) in [6.45, 7) is 20.8. The van der Waals surface area contributed by atoms with E-state index < -0.39 is 9.04 Å². The van der Waals surface area contributed by atoms with Crippen molar-refractivity contribution in [3.05, 3.63) is 83.0 Å². The number of aryl methyl sites for hydroxylation is 4. The largest absolute Gasteiger partial charge is 0.397 e. The van der Waals surface area contributed by atoms with E-state index in [2.05, 4.69) is 77.3 Å². The third-order valence-electron chi connectivity index (χ3n) is 4.10. The molecule has 2 aromatic rings. The summed E-state index contributed by atoms with van der Waals surface area (Å²) in [4.78, 5) is 0. The molecule has 0 amide bonds. The highest BCUT2D eigenvalue weighted by Gasteiger charge is 2.25. The Morgan fingerprint density at radius 1 is 0.720 bits per heavy atom. The first-order chi connectivity index (χ1) is 11.7. The van der Waals surface area contributed by atoms with Crippen molar-refractivity contribution >= 4 is 19.4 Å². The van der Waals surface area contributed by atoms with Crippen LogP contribution in [-0.2, 0) is 4.43 Å². The van der Waals surface area contributed by atoms with Crippen LogP contribution in [0.15, 0.2) is 60.7 Å². The lowest BCUT2D eigenvalue weighted by Gasteiger charge is -2.26. The normalized spacial score (nSPS) is 11.2. The van der Waals surface area contributed by atoms with E-state index in [0.717, 1.165) is 11.1 Å². The first-order valence-electron chi connectivity index (χ1n) is 8.69. The molecule has 0 atom stereocenters. The lowest BCUT2D eigenvalue weighted by molar-refractivity contribution is 0.286. The van der Waals surface area contributed by atoms with Crippen LogP contribution in [0.5, 0.6) is 0 Å². The second-order valence-electron chi connectivity index (χ2n) is 7.27. The monoisotopic (exact) mass is 349 g/mol. The molecule has 2 aromatic carbocycles. The van der Waals surface area contributed by atoms with Gasteiger partial charge in [0.15, 0.2) is 0 Å². The molecule has 2 heteroatoms. The number of benzene rings is 2. The maximum Gasteiger partial charge on any atom is 0.283 e. The summed E-state index contributed by atoms with van der Waals surface area (Å²) in [5.41, 5.74) is 7.09. The summed E-state index contributed by atoms with van der Waals surface area (Å²) in [5.74, 6) is 0. The third kappa shape index (κ3) is 5.04. The van der Waals surface area contributed by atoms with Gasteiger partial charge in [-0.05, 0) is 63.1 Å². The van der Waals surface area contributed by atoms with Crippen LogP contribution in [0.4, 0.5) is 0 Å². The van der Waals surface area contributed by atoms with Gasteiger partial charge < -0.3 is 4.43 Å². The molecule has 0 aromatic heterocycles. The average molecular weight is 350 g/mol. The molecule has 0 spiro atoms. The highest BCUT2D eigenvalue weighted by Crippen LogP contribution is 2.15. The molecular weight excluding hydrogens is 320 g/mol. The van der Waals surface area contributed by atoms with E-state index in [1.165, 1.54) is 32.6 Å². The zero-order valence-corrected chi connectivity index (χ0v) is 17.4. The molecule has 2 rings (SSSR count). The minimum Gasteiger partial charge on any atom is -0.397 e. The zero-order valence-electron chi connectivity index (χ0n) is 16.4. The molecule has 0 bridgehead atoms. The van der Waals surface area contributed by atoms with Gasteiger partial charge in [-0.3, -0.25) is 0 Å². The average Bonchev–Trinajstić information content (AvgIpc) is 2.44. The van der Waals surface area contributed by atoms with Gasteiger partial charge in [-0.2, -0.15) is 0 Å². The molecule has 0 aliphatic heterocycles. The molecule has 1 radical (unpaired) electrons. The SMILES string of the molecule is C=C(C)C(O[Si](c1cc(C)cc(C)c1)c1cc(C)cc(C)c1)C(=C)C. The van der Waals surface area contributed by atoms with Gasteiger partial charge in [-0.15, -0.1) is 0 Å². The van der Waals surface area contributed by atoms with E-state index in [4.69, 9.17) is 4.43 Å². The van der Waals surface area contributed by atoms with Crippen molar-refractivity contribution in [2.24, 2.45) is 0 Å². The van der Waals surface area contributed by atoms with E-state index >= 15 is 0 Å². The molecule has 0 saturated carbocycles. The lowest BCUT2D eigenvalue weighted by atomic mass is 10.1. The van der Waals surface area contributed by atoms with Gasteiger partial charge in [0.2, 0.25) is 0 Å². The van der Waals surface area contributed by atoms with Crippen molar-refractivity contribution in [3.8, 4) is 0 Å². The molecule has 0 aliphatic rings. The Bertz CT molecular complexity index is 698. The summed E-state index contributed by atoms with van der Waals surface area (Å²) in [5, 5.41) is 2.56. The van der Waals surface area contributed by atoms with E-state index in [1.54, 1.807) is 0 Å². The quantitative estimate of drug-likeness (QED) is 0.548. The molecular formula is C23H29OSi. The van der Waals surface area contributed by atoms with Crippen LogP contribution in [0.1, 0.15) is 36.1 Å². The van der Waals surface area contributed by atoms with Crippen molar-refractivity contribution in [1.29, 1.82) is 0 Å². The van der Waals surface area contributed by atoms with Crippen LogP contribution in [0, 0.1) is 27.7 Å². The van der Waals surface area contributed by atoms with E-state index in [1.807, 2.05) is 13.8 Å². The van der Waals surface area contributed by atoms with Crippen molar-refractivity contribution in [2.75, 3.05) is 0 Å². The molecule has 1 nitrogen and oxygen atoms in total. The molecule has 0 saturated heterocycles. The summed E-state index contributed by atoms with van der Waals surface area (Å²) < 4.78 is 6.67. The predicted molar refractivity (Wildman–Crippen MR) is 111 cm³/mol. The van der Waals surface area contributed by atoms with Crippen LogP contribution >= 0.6 is 0 Å². The van der Waals surface area contributed by atoms with Crippen molar-refractivity contribution in [1.82, 2.24) is 0 Å². The van der Waals surface area contributed by atoms with E-state index in [0.29, 0.717) is 0 Å². The Hall–Kier alpha value is -1.90. The number of hydrogen-bond acceptors (Lipinski definition) is 1. The van der Waals surface area contributed by atoms with Crippen molar-refractivity contribution in [3.63, 3.8) is 0 Å². The first-order valence-corrected chi connectivity index (χ1v) is 10.1. The molecule has 0 fully saturated rings. The molecule has 25 heavy (non-hydrogen) atoms. The fourth-order valence-electron chi connectivity index (χ4n) is 3.25. The lowest BCUT2D eigenvalue weighted by Crippen LogP contribution is -2.48. The van der Waals surface area contributed by atoms with Crippen molar-refractivity contribution < 1.29 is 4.43 Å². The Morgan fingerprint density at radius 3 is 1.32 bits per heavy atom. The second-order valence-corrected chi connectivity index (χ2v) is 9.32. The van der Waals surface area contributed by atoms with Crippen molar-refractivity contribution in [2.45, 2.75) is 47.6 Å². The maximum absolute atomic E-state index is 6.67. The Kier molecular flexibility index (Phi) is 6.20. The standard InChI is InChI=1S/C23H29OSi/c1-15(2)23(16(3)4)24-25(21-11-17(5)9-18(6)12-21)22-13-19(7)10-20(8)14-22/h9-14,23H,1,3H2,2,4-8H3. The maximum atomic E-state index is 6.67. The molecule has 0 unspecified atom stereocenters. The zero-order chi connectivity index (χ0) is 18.7. The van der Waals surface area contributed by atoms with Crippen LogP contribution in [0.2, 0.25) is 0 Å². The smallest absolute Gasteiger partial charge is 0.283 e. The molecule has 0 N–H and O–H groups in total. The highest BCUT2D eigenvalue weighted by atomic mass is 28.3. The number of rotatable bonds is 6. The van der Waals surface area contributed by atoms with E-state index in [-0.39, 0.29) is 6.10 Å². The van der Waals surface area contributed by atoms with Gasteiger partial charge in [0.1, 0.15) is 0 Å². The van der Waals surface area contributed by atoms with Gasteiger partial charge in [0.05, 0.1) is 6.10 Å². The van der Waals surface area contributed by atoms with Crippen LogP contribution in [-0.4, -0.2) is 15.1 Å². The molecule has 131 valence electrons. The summed E-state index contributed by atoms with van der Waals surface area (Å²) in [6.07, 6.45) is -0.115. The van der Waals surface area contributed by atoms with E-state index in [9.17, 15) is 0 Å². The molecule has 0 heterocycles. The van der Waals surface area contributed by atoms with Crippen LogP contribution < -0.4 is 10.4 Å². The predicted octanol–water partition coefficient (Wildman–Crippen LogP) is 4.56. The molecule has 0 aliphatic carbocycles. The Morgan fingerprint density at radius 2 is 1.04 bits per heavy atom. The van der Waals surface area contributed by atoms with Crippen LogP contribution in [0.3, 0.4) is 0 Å². The number of hydrogen-bond donors (Lipinski definition) is 0.